The molecule has 26 heavy (non-hydrogen) atoms. The Morgan fingerprint density at radius 1 is 1.19 bits per heavy atom. The van der Waals surface area contributed by atoms with E-state index >= 15 is 0 Å². The van der Waals surface area contributed by atoms with E-state index in [0.717, 1.165) is 48.3 Å². The van der Waals surface area contributed by atoms with Crippen molar-refractivity contribution in [1.29, 1.82) is 0 Å². The molecule has 1 aromatic carbocycles. The average molecular weight is 350 g/mol. The fourth-order valence-corrected chi connectivity index (χ4v) is 3.53. The van der Waals surface area contributed by atoms with E-state index in [4.69, 9.17) is 0 Å². The van der Waals surface area contributed by atoms with Gasteiger partial charge in [0.15, 0.2) is 5.82 Å². The molecule has 1 atom stereocenters. The minimum Gasteiger partial charge on any atom is -0.366 e. The van der Waals surface area contributed by atoms with Crippen molar-refractivity contribution in [3.63, 3.8) is 0 Å². The van der Waals surface area contributed by atoms with E-state index in [1.165, 1.54) is 11.1 Å². The van der Waals surface area contributed by atoms with Crippen LogP contribution in [0.3, 0.4) is 0 Å². The van der Waals surface area contributed by atoms with E-state index < -0.39 is 0 Å². The number of hydrogen-bond donors (Lipinski definition) is 1. The van der Waals surface area contributed by atoms with Crippen LogP contribution in [0, 0.1) is 0 Å². The van der Waals surface area contributed by atoms with E-state index in [1.54, 1.807) is 19.3 Å². The van der Waals surface area contributed by atoms with Gasteiger partial charge in [0.2, 0.25) is 0 Å². The minimum absolute atomic E-state index is 0.0912. The van der Waals surface area contributed by atoms with Crippen molar-refractivity contribution in [3.8, 4) is 0 Å². The Labute approximate surface area is 151 Å². The van der Waals surface area contributed by atoms with Crippen LogP contribution in [0.1, 0.15) is 19.3 Å². The van der Waals surface area contributed by atoms with Crippen LogP contribution in [0.25, 0.3) is 10.8 Å². The van der Waals surface area contributed by atoms with E-state index in [9.17, 15) is 4.79 Å². The van der Waals surface area contributed by atoms with Crippen molar-refractivity contribution in [3.05, 3.63) is 52.9 Å². The fourth-order valence-electron chi connectivity index (χ4n) is 3.53. The SMILES string of the molecule is Cn1nc(N2CCCCC2CNc2nncc3ccccc23)ccc1=O. The Balaban J connectivity index is 1.55. The van der Waals surface area contributed by atoms with Crippen LogP contribution < -0.4 is 15.8 Å². The van der Waals surface area contributed by atoms with Gasteiger partial charge < -0.3 is 10.2 Å². The molecule has 0 radical (unpaired) electrons. The van der Waals surface area contributed by atoms with Gasteiger partial charge in [0.1, 0.15) is 5.82 Å². The van der Waals surface area contributed by atoms with Crippen LogP contribution in [-0.4, -0.2) is 39.1 Å². The zero-order chi connectivity index (χ0) is 17.9. The van der Waals surface area contributed by atoms with Gasteiger partial charge in [-0.15, -0.1) is 5.10 Å². The van der Waals surface area contributed by atoms with Gasteiger partial charge in [0.25, 0.3) is 5.56 Å². The summed E-state index contributed by atoms with van der Waals surface area (Å²) in [6.45, 7) is 1.70. The highest BCUT2D eigenvalue weighted by molar-refractivity contribution is 5.90. The summed E-state index contributed by atoms with van der Waals surface area (Å²) in [6, 6.07) is 11.8. The van der Waals surface area contributed by atoms with Crippen LogP contribution in [-0.2, 0) is 7.05 Å². The predicted octanol–water partition coefficient (Wildman–Crippen LogP) is 2.19. The smallest absolute Gasteiger partial charge is 0.266 e. The van der Waals surface area contributed by atoms with E-state index in [-0.39, 0.29) is 5.56 Å². The van der Waals surface area contributed by atoms with Gasteiger partial charge in [-0.1, -0.05) is 24.3 Å². The summed E-state index contributed by atoms with van der Waals surface area (Å²) in [7, 11) is 1.69. The highest BCUT2D eigenvalue weighted by Crippen LogP contribution is 2.24. The summed E-state index contributed by atoms with van der Waals surface area (Å²) in [4.78, 5) is 13.9. The highest BCUT2D eigenvalue weighted by atomic mass is 16.1. The van der Waals surface area contributed by atoms with Gasteiger partial charge in [0.05, 0.1) is 6.20 Å². The molecular weight excluding hydrogens is 328 g/mol. The zero-order valence-corrected chi connectivity index (χ0v) is 14.8. The normalized spacial score (nSPS) is 17.4. The first kappa shape index (κ1) is 16.5. The Morgan fingerprint density at radius 3 is 2.96 bits per heavy atom. The third kappa shape index (κ3) is 3.24. The highest BCUT2D eigenvalue weighted by Gasteiger charge is 2.24. The predicted molar refractivity (Wildman–Crippen MR) is 102 cm³/mol. The molecule has 1 unspecified atom stereocenters. The molecule has 2 aromatic heterocycles. The molecular formula is C19H22N6O. The topological polar surface area (TPSA) is 75.9 Å². The quantitative estimate of drug-likeness (QED) is 0.777. The average Bonchev–Trinajstić information content (AvgIpc) is 2.69. The van der Waals surface area contributed by atoms with Gasteiger partial charge in [-0.25, -0.2) is 4.68 Å². The Hall–Kier alpha value is -2.96. The second-order valence-electron chi connectivity index (χ2n) is 6.66. The maximum Gasteiger partial charge on any atom is 0.266 e. The van der Waals surface area contributed by atoms with Crippen molar-refractivity contribution >= 4 is 22.4 Å². The van der Waals surface area contributed by atoms with Crippen LogP contribution in [0.15, 0.2) is 47.4 Å². The molecule has 0 aliphatic carbocycles. The lowest BCUT2D eigenvalue weighted by Gasteiger charge is -2.36. The summed E-state index contributed by atoms with van der Waals surface area (Å²) in [6.07, 6.45) is 5.18. The Kier molecular flexibility index (Phi) is 4.51. The van der Waals surface area contributed by atoms with E-state index in [0.29, 0.717) is 6.04 Å². The van der Waals surface area contributed by atoms with Crippen molar-refractivity contribution in [1.82, 2.24) is 20.0 Å². The standard InChI is InChI=1S/C19H22N6O/c1-24-18(26)10-9-17(23-24)25-11-5-4-7-15(25)13-20-19-16-8-3-2-6-14(16)12-21-22-19/h2-3,6,8-10,12,15H,4-5,7,11,13H2,1H3,(H,20,22). The molecule has 3 heterocycles. The number of fused-ring (bicyclic) bond motifs is 1. The number of anilines is 2. The molecule has 134 valence electrons. The maximum atomic E-state index is 11.6. The van der Waals surface area contributed by atoms with Gasteiger partial charge >= 0.3 is 0 Å². The first-order valence-corrected chi connectivity index (χ1v) is 8.98. The monoisotopic (exact) mass is 350 g/mol. The Bertz CT molecular complexity index is 964. The van der Waals surface area contributed by atoms with Crippen molar-refractivity contribution in [2.75, 3.05) is 23.3 Å². The van der Waals surface area contributed by atoms with Gasteiger partial charge in [-0.3, -0.25) is 4.79 Å². The molecule has 0 saturated carbocycles. The fraction of sp³-hybridized carbons (Fsp3) is 0.368. The third-order valence-corrected chi connectivity index (χ3v) is 4.94. The number of hydrogen-bond acceptors (Lipinski definition) is 6. The second-order valence-corrected chi connectivity index (χ2v) is 6.66. The molecule has 0 amide bonds. The molecule has 1 fully saturated rings. The molecule has 1 aliphatic rings. The lowest BCUT2D eigenvalue weighted by molar-refractivity contribution is 0.464. The van der Waals surface area contributed by atoms with Crippen LogP contribution in [0.4, 0.5) is 11.6 Å². The maximum absolute atomic E-state index is 11.6. The summed E-state index contributed by atoms with van der Waals surface area (Å²) in [5.74, 6) is 1.66. The molecule has 7 nitrogen and oxygen atoms in total. The molecule has 0 bridgehead atoms. The molecule has 0 spiro atoms. The van der Waals surface area contributed by atoms with Gasteiger partial charge in [-0.05, 0) is 25.3 Å². The number of nitrogens with one attached hydrogen (secondary N) is 1. The summed E-state index contributed by atoms with van der Waals surface area (Å²) in [5.41, 5.74) is -0.0912. The van der Waals surface area contributed by atoms with Gasteiger partial charge in [0, 0.05) is 43.0 Å². The number of nitrogens with zero attached hydrogens (tertiary/aromatic N) is 5. The molecule has 7 heteroatoms. The van der Waals surface area contributed by atoms with Crippen LogP contribution >= 0.6 is 0 Å². The summed E-state index contributed by atoms with van der Waals surface area (Å²) < 4.78 is 1.39. The van der Waals surface area contributed by atoms with E-state index in [1.807, 2.05) is 24.3 Å². The lowest BCUT2D eigenvalue weighted by Crippen LogP contribution is -2.45. The van der Waals surface area contributed by atoms with Crippen LogP contribution in [0.2, 0.25) is 0 Å². The first-order valence-electron chi connectivity index (χ1n) is 8.98. The second kappa shape index (κ2) is 7.11. The number of aryl methyl sites for hydroxylation is 1. The Morgan fingerprint density at radius 2 is 2.08 bits per heavy atom. The van der Waals surface area contributed by atoms with Gasteiger partial charge in [-0.2, -0.15) is 10.2 Å². The molecule has 4 rings (SSSR count). The third-order valence-electron chi connectivity index (χ3n) is 4.94. The van der Waals surface area contributed by atoms with Crippen molar-refractivity contribution < 1.29 is 0 Å². The number of piperidine rings is 1. The lowest BCUT2D eigenvalue weighted by atomic mass is 10.0. The van der Waals surface area contributed by atoms with Crippen molar-refractivity contribution in [2.45, 2.75) is 25.3 Å². The van der Waals surface area contributed by atoms with Crippen LogP contribution in [0.5, 0.6) is 0 Å². The first-order chi connectivity index (χ1) is 12.7. The van der Waals surface area contributed by atoms with Crippen molar-refractivity contribution in [2.24, 2.45) is 7.05 Å². The molecule has 3 aromatic rings. The molecule has 1 N–H and O–H groups in total. The molecule has 1 aliphatic heterocycles. The van der Waals surface area contributed by atoms with E-state index in [2.05, 4.69) is 31.6 Å². The molecule has 1 saturated heterocycles. The largest absolute Gasteiger partial charge is 0.366 e. The minimum atomic E-state index is -0.0912. The number of aromatic nitrogens is 4. The number of rotatable bonds is 4. The summed E-state index contributed by atoms with van der Waals surface area (Å²) >= 11 is 0. The zero-order valence-electron chi connectivity index (χ0n) is 14.8. The number of benzene rings is 1. The summed E-state index contributed by atoms with van der Waals surface area (Å²) in [5, 5.41) is 18.4.